The molecule has 2 rings (SSSR count). The molecule has 0 aromatic heterocycles. The van der Waals surface area contributed by atoms with Gasteiger partial charge in [-0.3, -0.25) is 4.79 Å². The van der Waals surface area contributed by atoms with Crippen LogP contribution in [0.2, 0.25) is 0 Å². The lowest BCUT2D eigenvalue weighted by Gasteiger charge is -2.10. The number of hydrogen-bond donors (Lipinski definition) is 2. The summed E-state index contributed by atoms with van der Waals surface area (Å²) in [6.07, 6.45) is 3.13. The van der Waals surface area contributed by atoms with Gasteiger partial charge in [0.2, 0.25) is 5.91 Å². The second kappa shape index (κ2) is 9.71. The van der Waals surface area contributed by atoms with Crippen LogP contribution in [0.15, 0.2) is 24.3 Å². The number of benzene rings is 1. The lowest BCUT2D eigenvalue weighted by Crippen LogP contribution is -2.37. The zero-order chi connectivity index (χ0) is 14.2. The topological polar surface area (TPSA) is 50.4 Å². The molecule has 0 saturated carbocycles. The molecule has 1 fully saturated rings. The fraction of sp³-hybridized carbons (Fsp3) is 0.533. The predicted octanol–water partition coefficient (Wildman–Crippen LogP) is 1.67. The van der Waals surface area contributed by atoms with E-state index >= 15 is 0 Å². The Hall–Kier alpha value is -1.17. The van der Waals surface area contributed by atoms with Gasteiger partial charge in [0.15, 0.2) is 0 Å². The Balaban J connectivity index is 0.00000220. The molecular weight excluding hydrogens is 295 g/mol. The van der Waals surface area contributed by atoms with Gasteiger partial charge in [-0.15, -0.1) is 12.4 Å². The fourth-order valence-corrected chi connectivity index (χ4v) is 2.21. The average Bonchev–Trinajstić information content (AvgIpc) is 2.94. The molecule has 1 saturated heterocycles. The molecule has 1 aliphatic rings. The van der Waals surface area contributed by atoms with Gasteiger partial charge < -0.3 is 15.4 Å². The SMILES string of the molecule is Cl.O=C(CNCC1CCCO1)NCCc1ccc(F)cc1. The van der Waals surface area contributed by atoms with Crippen molar-refractivity contribution in [2.45, 2.75) is 25.4 Å². The minimum Gasteiger partial charge on any atom is -0.377 e. The molecule has 21 heavy (non-hydrogen) atoms. The summed E-state index contributed by atoms with van der Waals surface area (Å²) in [5.41, 5.74) is 1.01. The molecule has 0 aliphatic carbocycles. The number of nitrogens with one attached hydrogen (secondary N) is 2. The molecule has 118 valence electrons. The summed E-state index contributed by atoms with van der Waals surface area (Å²) in [7, 11) is 0. The van der Waals surface area contributed by atoms with Gasteiger partial charge in [0.05, 0.1) is 12.6 Å². The van der Waals surface area contributed by atoms with Gasteiger partial charge >= 0.3 is 0 Å². The summed E-state index contributed by atoms with van der Waals surface area (Å²) in [5.74, 6) is -0.263. The summed E-state index contributed by atoms with van der Waals surface area (Å²) in [5, 5.41) is 5.93. The number of ether oxygens (including phenoxy) is 1. The van der Waals surface area contributed by atoms with E-state index in [1.807, 2.05) is 0 Å². The first-order chi connectivity index (χ1) is 9.74. The summed E-state index contributed by atoms with van der Waals surface area (Å²) in [4.78, 5) is 11.6. The van der Waals surface area contributed by atoms with Crippen LogP contribution >= 0.6 is 12.4 Å². The summed E-state index contributed by atoms with van der Waals surface area (Å²) in [6, 6.07) is 6.33. The molecule has 0 radical (unpaired) electrons. The van der Waals surface area contributed by atoms with Crippen molar-refractivity contribution in [3.05, 3.63) is 35.6 Å². The van der Waals surface area contributed by atoms with Crippen molar-refractivity contribution in [3.8, 4) is 0 Å². The standard InChI is InChI=1S/C15H21FN2O2.ClH/c16-13-5-3-12(4-6-13)7-8-18-15(19)11-17-10-14-2-1-9-20-14;/h3-6,14,17H,1-2,7-11H2,(H,18,19);1H. The first-order valence-electron chi connectivity index (χ1n) is 7.07. The minimum absolute atomic E-state index is 0. The van der Waals surface area contributed by atoms with Crippen LogP contribution in [0.25, 0.3) is 0 Å². The summed E-state index contributed by atoms with van der Waals surface area (Å²) < 4.78 is 18.2. The maximum absolute atomic E-state index is 12.7. The lowest BCUT2D eigenvalue weighted by atomic mass is 10.1. The maximum Gasteiger partial charge on any atom is 0.233 e. The van der Waals surface area contributed by atoms with Crippen LogP contribution in [0.5, 0.6) is 0 Å². The average molecular weight is 317 g/mol. The smallest absolute Gasteiger partial charge is 0.233 e. The van der Waals surface area contributed by atoms with E-state index in [0.29, 0.717) is 19.5 Å². The predicted molar refractivity (Wildman–Crippen MR) is 82.2 cm³/mol. The van der Waals surface area contributed by atoms with Crippen molar-refractivity contribution in [2.75, 3.05) is 26.2 Å². The van der Waals surface area contributed by atoms with E-state index in [1.54, 1.807) is 12.1 Å². The number of halogens is 2. The van der Waals surface area contributed by atoms with Crippen LogP contribution in [-0.2, 0) is 16.0 Å². The first kappa shape index (κ1) is 17.9. The van der Waals surface area contributed by atoms with E-state index in [1.165, 1.54) is 12.1 Å². The monoisotopic (exact) mass is 316 g/mol. The van der Waals surface area contributed by atoms with Gasteiger partial charge in [0.1, 0.15) is 5.82 Å². The van der Waals surface area contributed by atoms with Crippen LogP contribution in [0.3, 0.4) is 0 Å². The van der Waals surface area contributed by atoms with Gasteiger partial charge in [-0.1, -0.05) is 12.1 Å². The Morgan fingerprint density at radius 2 is 2.10 bits per heavy atom. The highest BCUT2D eigenvalue weighted by Crippen LogP contribution is 2.10. The Bertz CT molecular complexity index is 422. The van der Waals surface area contributed by atoms with Crippen LogP contribution in [-0.4, -0.2) is 38.3 Å². The van der Waals surface area contributed by atoms with Crippen LogP contribution in [0.4, 0.5) is 4.39 Å². The molecule has 1 aliphatic heterocycles. The maximum atomic E-state index is 12.7. The Morgan fingerprint density at radius 3 is 2.76 bits per heavy atom. The zero-order valence-corrected chi connectivity index (χ0v) is 12.8. The first-order valence-corrected chi connectivity index (χ1v) is 7.07. The van der Waals surface area contributed by atoms with Crippen molar-refractivity contribution >= 4 is 18.3 Å². The summed E-state index contributed by atoms with van der Waals surface area (Å²) >= 11 is 0. The third kappa shape index (κ3) is 6.89. The van der Waals surface area contributed by atoms with Crippen molar-refractivity contribution in [1.82, 2.24) is 10.6 Å². The van der Waals surface area contributed by atoms with E-state index in [-0.39, 0.29) is 30.2 Å². The van der Waals surface area contributed by atoms with E-state index in [9.17, 15) is 9.18 Å². The molecule has 6 heteroatoms. The fourth-order valence-electron chi connectivity index (χ4n) is 2.21. The molecule has 2 N–H and O–H groups in total. The molecule has 0 bridgehead atoms. The van der Waals surface area contributed by atoms with E-state index in [2.05, 4.69) is 10.6 Å². The normalized spacial score (nSPS) is 17.3. The van der Waals surface area contributed by atoms with Crippen LogP contribution < -0.4 is 10.6 Å². The molecule has 1 unspecified atom stereocenters. The third-order valence-corrected chi connectivity index (χ3v) is 3.33. The second-order valence-electron chi connectivity index (χ2n) is 4.99. The van der Waals surface area contributed by atoms with E-state index in [0.717, 1.165) is 31.6 Å². The number of hydrogen-bond acceptors (Lipinski definition) is 3. The Labute approximate surface area is 130 Å². The Kier molecular flexibility index (Phi) is 8.27. The van der Waals surface area contributed by atoms with Crippen molar-refractivity contribution in [1.29, 1.82) is 0 Å². The highest BCUT2D eigenvalue weighted by atomic mass is 35.5. The molecule has 1 amide bonds. The minimum atomic E-state index is -0.240. The highest BCUT2D eigenvalue weighted by Gasteiger charge is 2.14. The quantitative estimate of drug-likeness (QED) is 0.804. The van der Waals surface area contributed by atoms with Crippen LogP contribution in [0, 0.1) is 5.82 Å². The van der Waals surface area contributed by atoms with E-state index < -0.39 is 0 Å². The molecule has 1 aromatic rings. The van der Waals surface area contributed by atoms with E-state index in [4.69, 9.17) is 4.74 Å². The molecule has 1 atom stereocenters. The Morgan fingerprint density at radius 1 is 1.33 bits per heavy atom. The largest absolute Gasteiger partial charge is 0.377 e. The molecular formula is C15H22ClFN2O2. The van der Waals surface area contributed by atoms with Gasteiger partial charge in [-0.25, -0.2) is 4.39 Å². The number of carbonyl (C=O) groups is 1. The van der Waals surface area contributed by atoms with Crippen molar-refractivity contribution in [3.63, 3.8) is 0 Å². The lowest BCUT2D eigenvalue weighted by molar-refractivity contribution is -0.120. The van der Waals surface area contributed by atoms with Crippen molar-refractivity contribution in [2.24, 2.45) is 0 Å². The molecule has 4 nitrogen and oxygen atoms in total. The highest BCUT2D eigenvalue weighted by molar-refractivity contribution is 5.85. The van der Waals surface area contributed by atoms with Gasteiger partial charge in [-0.2, -0.15) is 0 Å². The van der Waals surface area contributed by atoms with Gasteiger partial charge in [-0.05, 0) is 37.0 Å². The van der Waals surface area contributed by atoms with Gasteiger partial charge in [0.25, 0.3) is 0 Å². The number of rotatable bonds is 7. The number of amides is 1. The third-order valence-electron chi connectivity index (χ3n) is 3.33. The second-order valence-corrected chi connectivity index (χ2v) is 4.99. The molecule has 0 spiro atoms. The van der Waals surface area contributed by atoms with Gasteiger partial charge in [0, 0.05) is 19.7 Å². The number of carbonyl (C=O) groups excluding carboxylic acids is 1. The molecule has 1 heterocycles. The summed E-state index contributed by atoms with van der Waals surface area (Å²) in [6.45, 7) is 2.43. The molecule has 1 aromatic carbocycles. The van der Waals surface area contributed by atoms with Crippen molar-refractivity contribution < 1.29 is 13.9 Å². The zero-order valence-electron chi connectivity index (χ0n) is 11.9. The van der Waals surface area contributed by atoms with Crippen LogP contribution in [0.1, 0.15) is 18.4 Å².